The molecule has 0 spiro atoms. The van der Waals surface area contributed by atoms with Crippen LogP contribution in [0.2, 0.25) is 0 Å². The van der Waals surface area contributed by atoms with Crippen LogP contribution in [0.4, 0.5) is 0 Å². The topological polar surface area (TPSA) is 48.3 Å². The lowest BCUT2D eigenvalue weighted by Gasteiger charge is -2.22. The van der Waals surface area contributed by atoms with Crippen LogP contribution in [0.3, 0.4) is 0 Å². The van der Waals surface area contributed by atoms with Gasteiger partial charge in [-0.1, -0.05) is 12.1 Å². The van der Waals surface area contributed by atoms with E-state index < -0.39 is 0 Å². The molecule has 0 saturated heterocycles. The normalized spacial score (nSPS) is 16.0. The van der Waals surface area contributed by atoms with Crippen LogP contribution in [0.25, 0.3) is 0 Å². The van der Waals surface area contributed by atoms with Crippen LogP contribution in [-0.4, -0.2) is 22.6 Å². The number of para-hydroxylation sites is 1. The number of hydrogen-bond donors (Lipinski definition) is 1. The average molecular weight is 287 g/mol. The molecule has 21 heavy (non-hydrogen) atoms. The first-order valence-corrected chi connectivity index (χ1v) is 7.27. The predicted octanol–water partition coefficient (Wildman–Crippen LogP) is 2.66. The third-order valence-corrected chi connectivity index (χ3v) is 3.96. The summed E-state index contributed by atoms with van der Waals surface area (Å²) in [6.45, 7) is 7.45. The van der Waals surface area contributed by atoms with E-state index in [9.17, 15) is 0 Å². The Bertz CT molecular complexity index is 624. The third kappa shape index (κ3) is 2.88. The third-order valence-electron chi connectivity index (χ3n) is 3.96. The second-order valence-corrected chi connectivity index (χ2v) is 5.56. The maximum absolute atomic E-state index is 5.53. The van der Waals surface area contributed by atoms with E-state index in [0.717, 1.165) is 23.6 Å². The monoisotopic (exact) mass is 287 g/mol. The van der Waals surface area contributed by atoms with Gasteiger partial charge in [0.05, 0.1) is 12.2 Å². The Morgan fingerprint density at radius 3 is 2.95 bits per heavy atom. The summed E-state index contributed by atoms with van der Waals surface area (Å²) in [7, 11) is 0. The zero-order valence-corrected chi connectivity index (χ0v) is 12.7. The quantitative estimate of drug-likeness (QED) is 0.918. The Hall–Kier alpha value is -2.01. The number of aryl methyl sites for hydroxylation is 1. The summed E-state index contributed by atoms with van der Waals surface area (Å²) in [5.41, 5.74) is 2.31. The largest absolute Gasteiger partial charge is 0.454 e. The molecule has 2 heterocycles. The van der Waals surface area contributed by atoms with Crippen molar-refractivity contribution in [2.45, 2.75) is 39.4 Å². The molecule has 0 amide bonds. The van der Waals surface area contributed by atoms with Gasteiger partial charge < -0.3 is 14.8 Å². The number of nitrogens with one attached hydrogen (secondary N) is 1. The van der Waals surface area contributed by atoms with Crippen molar-refractivity contribution in [3.8, 4) is 11.5 Å². The minimum absolute atomic E-state index is 0.285. The molecule has 1 aromatic carbocycles. The summed E-state index contributed by atoms with van der Waals surface area (Å²) >= 11 is 0. The van der Waals surface area contributed by atoms with Crippen molar-refractivity contribution in [3.63, 3.8) is 0 Å². The molecule has 0 saturated carbocycles. The Labute approximate surface area is 124 Å². The molecule has 2 aromatic rings. The molecule has 1 aromatic heterocycles. The van der Waals surface area contributed by atoms with Gasteiger partial charge >= 0.3 is 0 Å². The summed E-state index contributed by atoms with van der Waals surface area (Å²) in [5, 5.41) is 7.92. The number of fused-ring (bicyclic) bond motifs is 1. The smallest absolute Gasteiger partial charge is 0.231 e. The van der Waals surface area contributed by atoms with Gasteiger partial charge in [-0.05, 0) is 32.4 Å². The van der Waals surface area contributed by atoms with Crippen molar-refractivity contribution >= 4 is 0 Å². The van der Waals surface area contributed by atoms with E-state index in [0.29, 0.717) is 12.8 Å². The summed E-state index contributed by atoms with van der Waals surface area (Å²) in [6, 6.07) is 6.57. The van der Waals surface area contributed by atoms with Gasteiger partial charge in [0.1, 0.15) is 0 Å². The molecule has 0 radical (unpaired) electrons. The van der Waals surface area contributed by atoms with Gasteiger partial charge in [-0.2, -0.15) is 5.10 Å². The first-order chi connectivity index (χ1) is 10.1. The van der Waals surface area contributed by atoms with Gasteiger partial charge in [0.25, 0.3) is 0 Å². The van der Waals surface area contributed by atoms with Crippen LogP contribution in [0.15, 0.2) is 30.6 Å². The number of benzene rings is 1. The van der Waals surface area contributed by atoms with Crippen molar-refractivity contribution in [2.24, 2.45) is 0 Å². The lowest BCUT2D eigenvalue weighted by Crippen LogP contribution is -2.33. The summed E-state index contributed by atoms with van der Waals surface area (Å²) in [4.78, 5) is 0. The van der Waals surface area contributed by atoms with Crippen LogP contribution in [-0.2, 0) is 6.54 Å². The Balaban J connectivity index is 1.64. The lowest BCUT2D eigenvalue weighted by atomic mass is 10.1. The average Bonchev–Trinajstić information content (AvgIpc) is 3.12. The van der Waals surface area contributed by atoms with E-state index in [2.05, 4.69) is 43.4 Å². The molecule has 1 aliphatic heterocycles. The molecular formula is C16H21N3O2. The molecule has 5 heteroatoms. The highest BCUT2D eigenvalue weighted by Crippen LogP contribution is 2.35. The molecular weight excluding hydrogens is 266 g/mol. The summed E-state index contributed by atoms with van der Waals surface area (Å²) in [6.07, 6.45) is 3.96. The van der Waals surface area contributed by atoms with E-state index in [1.807, 2.05) is 23.0 Å². The van der Waals surface area contributed by atoms with Crippen LogP contribution < -0.4 is 14.8 Å². The number of aromatic nitrogens is 2. The highest BCUT2D eigenvalue weighted by atomic mass is 16.7. The van der Waals surface area contributed by atoms with E-state index in [4.69, 9.17) is 9.47 Å². The van der Waals surface area contributed by atoms with Crippen LogP contribution in [0.5, 0.6) is 11.5 Å². The van der Waals surface area contributed by atoms with Crippen molar-refractivity contribution in [1.29, 1.82) is 0 Å². The Kier molecular flexibility index (Phi) is 3.84. The van der Waals surface area contributed by atoms with Crippen molar-refractivity contribution in [3.05, 3.63) is 41.7 Å². The van der Waals surface area contributed by atoms with Crippen LogP contribution in [0, 0.1) is 6.92 Å². The fraction of sp³-hybridized carbons (Fsp3) is 0.438. The van der Waals surface area contributed by atoms with E-state index >= 15 is 0 Å². The second kappa shape index (κ2) is 5.77. The zero-order chi connectivity index (χ0) is 14.8. The molecule has 1 N–H and O–H groups in total. The molecule has 3 rings (SSSR count). The number of ether oxygens (including phenoxy) is 2. The number of hydrogen-bond acceptors (Lipinski definition) is 4. The number of nitrogens with zero attached hydrogens (tertiary/aromatic N) is 2. The van der Waals surface area contributed by atoms with Crippen LogP contribution in [0.1, 0.15) is 31.0 Å². The zero-order valence-electron chi connectivity index (χ0n) is 12.7. The first-order valence-electron chi connectivity index (χ1n) is 7.27. The highest BCUT2D eigenvalue weighted by molar-refractivity contribution is 5.48. The second-order valence-electron chi connectivity index (χ2n) is 5.56. The van der Waals surface area contributed by atoms with Crippen molar-refractivity contribution in [2.75, 3.05) is 6.79 Å². The fourth-order valence-electron chi connectivity index (χ4n) is 2.46. The minimum atomic E-state index is 0.285. The first kappa shape index (κ1) is 13.9. The van der Waals surface area contributed by atoms with Gasteiger partial charge in [0, 0.05) is 24.3 Å². The maximum Gasteiger partial charge on any atom is 0.231 e. The summed E-state index contributed by atoms with van der Waals surface area (Å²) in [5.74, 6) is 1.69. The van der Waals surface area contributed by atoms with E-state index in [1.165, 1.54) is 5.56 Å². The molecule has 0 fully saturated rings. The van der Waals surface area contributed by atoms with Gasteiger partial charge in [0.15, 0.2) is 11.5 Å². The molecule has 0 unspecified atom stereocenters. The number of rotatable bonds is 5. The molecule has 112 valence electrons. The van der Waals surface area contributed by atoms with Crippen molar-refractivity contribution < 1.29 is 9.47 Å². The van der Waals surface area contributed by atoms with E-state index in [1.54, 1.807) is 0 Å². The predicted molar refractivity (Wildman–Crippen MR) is 80.5 cm³/mol. The molecule has 2 atom stereocenters. The van der Waals surface area contributed by atoms with Gasteiger partial charge in [-0.3, -0.25) is 4.68 Å². The van der Waals surface area contributed by atoms with Crippen molar-refractivity contribution in [1.82, 2.24) is 15.1 Å². The van der Waals surface area contributed by atoms with E-state index in [-0.39, 0.29) is 6.04 Å². The minimum Gasteiger partial charge on any atom is -0.454 e. The molecule has 0 aliphatic carbocycles. The molecule has 1 aliphatic rings. The fourth-order valence-corrected chi connectivity index (χ4v) is 2.46. The van der Waals surface area contributed by atoms with Gasteiger partial charge in [-0.25, -0.2) is 0 Å². The van der Waals surface area contributed by atoms with Crippen LogP contribution >= 0.6 is 0 Å². The Morgan fingerprint density at radius 2 is 2.19 bits per heavy atom. The summed E-state index contributed by atoms with van der Waals surface area (Å²) < 4.78 is 12.9. The molecule has 0 bridgehead atoms. The maximum atomic E-state index is 5.53. The Morgan fingerprint density at radius 1 is 1.33 bits per heavy atom. The van der Waals surface area contributed by atoms with Gasteiger partial charge in [0.2, 0.25) is 6.79 Å². The standard InChI is InChI=1S/C16H21N3O2/c1-11-7-18-19(9-11)13(3)12(2)17-8-14-5-4-6-15-16(14)21-10-20-15/h4-7,9,12-13,17H,8,10H2,1-3H3/t12-,13-/m0/s1. The molecule has 5 nitrogen and oxygen atoms in total. The van der Waals surface area contributed by atoms with Gasteiger partial charge in [-0.15, -0.1) is 0 Å². The lowest BCUT2D eigenvalue weighted by molar-refractivity contribution is 0.173. The highest BCUT2D eigenvalue weighted by Gasteiger charge is 2.19. The SMILES string of the molecule is Cc1cnn([C@@H](C)[C@H](C)NCc2cccc3c2OCO3)c1.